The lowest BCUT2D eigenvalue weighted by Crippen LogP contribution is -2.43. The summed E-state index contributed by atoms with van der Waals surface area (Å²) in [5.74, 6) is -1.10. The molecule has 0 saturated carbocycles. The molecule has 0 bridgehead atoms. The molecule has 1 N–H and O–H groups in total. The summed E-state index contributed by atoms with van der Waals surface area (Å²) in [6, 6.07) is 5.28. The third kappa shape index (κ3) is 4.87. The summed E-state index contributed by atoms with van der Waals surface area (Å²) < 4.78 is 15.7. The maximum atomic E-state index is 12.3. The number of nitrogens with zero attached hydrogens (tertiary/aromatic N) is 1. The number of amides is 1. The van der Waals surface area contributed by atoms with Gasteiger partial charge < -0.3 is 19.3 Å². The van der Waals surface area contributed by atoms with Crippen LogP contribution in [0.15, 0.2) is 24.3 Å². The number of carbonyl (C=O) groups is 3. The zero-order valence-electron chi connectivity index (χ0n) is 15.2. The maximum absolute atomic E-state index is 12.3. The van der Waals surface area contributed by atoms with Gasteiger partial charge in [0.05, 0.1) is 19.2 Å². The number of carboxylic acid groups (broad SMARTS) is 1. The van der Waals surface area contributed by atoms with Gasteiger partial charge in [0.2, 0.25) is 0 Å². The van der Waals surface area contributed by atoms with E-state index < -0.39 is 35.8 Å². The lowest BCUT2D eigenvalue weighted by Gasteiger charge is -2.26. The lowest BCUT2D eigenvalue weighted by atomic mass is 10.2. The van der Waals surface area contributed by atoms with Crippen LogP contribution in [0.1, 0.15) is 37.6 Å². The Bertz CT molecular complexity index is 678. The SMILES string of the molecule is COC(=O)c1ccc(O[C@@H]2C[C@@H](C(=O)O)N(C(=O)OC(C)(C)C)C2)cc1. The number of ether oxygens (including phenoxy) is 3. The van der Waals surface area contributed by atoms with Crippen LogP contribution in [0.5, 0.6) is 5.75 Å². The van der Waals surface area contributed by atoms with Crippen LogP contribution < -0.4 is 4.74 Å². The molecule has 1 aromatic carbocycles. The first-order valence-corrected chi connectivity index (χ1v) is 8.18. The molecule has 8 heteroatoms. The number of methoxy groups -OCH3 is 1. The van der Waals surface area contributed by atoms with E-state index in [2.05, 4.69) is 4.74 Å². The monoisotopic (exact) mass is 365 g/mol. The van der Waals surface area contributed by atoms with Gasteiger partial charge in [-0.25, -0.2) is 14.4 Å². The van der Waals surface area contributed by atoms with Crippen molar-refractivity contribution in [2.45, 2.75) is 44.9 Å². The number of carbonyl (C=O) groups excluding carboxylic acids is 2. The maximum Gasteiger partial charge on any atom is 0.411 e. The van der Waals surface area contributed by atoms with E-state index >= 15 is 0 Å². The Kier molecular flexibility index (Phi) is 5.74. The van der Waals surface area contributed by atoms with Crippen LogP contribution in [-0.4, -0.2) is 59.4 Å². The van der Waals surface area contributed by atoms with E-state index in [0.717, 1.165) is 0 Å². The van der Waals surface area contributed by atoms with Crippen molar-refractivity contribution >= 4 is 18.0 Å². The largest absolute Gasteiger partial charge is 0.488 e. The molecular formula is C18H23NO7. The summed E-state index contributed by atoms with van der Waals surface area (Å²) in [6.07, 6.45) is -1.03. The Morgan fingerprint density at radius 2 is 1.77 bits per heavy atom. The second-order valence-electron chi connectivity index (χ2n) is 6.98. The highest BCUT2D eigenvalue weighted by atomic mass is 16.6. The van der Waals surface area contributed by atoms with Gasteiger partial charge in [0.1, 0.15) is 23.5 Å². The Morgan fingerprint density at radius 1 is 1.15 bits per heavy atom. The van der Waals surface area contributed by atoms with Crippen LogP contribution in [0.3, 0.4) is 0 Å². The third-order valence-corrected chi connectivity index (χ3v) is 3.75. The Balaban J connectivity index is 2.06. The van der Waals surface area contributed by atoms with Crippen molar-refractivity contribution in [3.63, 3.8) is 0 Å². The van der Waals surface area contributed by atoms with Gasteiger partial charge in [0.15, 0.2) is 0 Å². The van der Waals surface area contributed by atoms with Gasteiger partial charge >= 0.3 is 18.0 Å². The van der Waals surface area contributed by atoms with Gasteiger partial charge in [-0.3, -0.25) is 4.90 Å². The number of likely N-dealkylation sites (tertiary alicyclic amines) is 1. The van der Waals surface area contributed by atoms with Crippen LogP contribution in [0.4, 0.5) is 4.79 Å². The van der Waals surface area contributed by atoms with Gasteiger partial charge in [-0.15, -0.1) is 0 Å². The highest BCUT2D eigenvalue weighted by Gasteiger charge is 2.42. The number of esters is 1. The number of hydrogen-bond donors (Lipinski definition) is 1. The highest BCUT2D eigenvalue weighted by molar-refractivity contribution is 5.89. The van der Waals surface area contributed by atoms with Crippen LogP contribution in [0, 0.1) is 0 Å². The molecule has 1 aliphatic rings. The second-order valence-corrected chi connectivity index (χ2v) is 6.98. The molecule has 2 atom stereocenters. The number of aliphatic carboxylic acids is 1. The van der Waals surface area contributed by atoms with Crippen molar-refractivity contribution in [1.29, 1.82) is 0 Å². The molecular weight excluding hydrogens is 342 g/mol. The van der Waals surface area contributed by atoms with Gasteiger partial charge in [0, 0.05) is 6.42 Å². The predicted molar refractivity (Wildman–Crippen MR) is 91.2 cm³/mol. The fourth-order valence-electron chi connectivity index (χ4n) is 2.62. The second kappa shape index (κ2) is 7.63. The van der Waals surface area contributed by atoms with E-state index in [0.29, 0.717) is 11.3 Å². The molecule has 1 heterocycles. The molecule has 1 amide bonds. The minimum absolute atomic E-state index is 0.102. The van der Waals surface area contributed by atoms with E-state index in [-0.39, 0.29) is 13.0 Å². The van der Waals surface area contributed by atoms with E-state index in [4.69, 9.17) is 9.47 Å². The normalized spacial score (nSPS) is 19.8. The first-order valence-electron chi connectivity index (χ1n) is 8.18. The molecule has 2 rings (SSSR count). The lowest BCUT2D eigenvalue weighted by molar-refractivity contribution is -0.142. The number of hydrogen-bond acceptors (Lipinski definition) is 6. The molecule has 0 aliphatic carbocycles. The molecule has 1 fully saturated rings. The number of benzene rings is 1. The average molecular weight is 365 g/mol. The topological polar surface area (TPSA) is 102 Å². The van der Waals surface area contributed by atoms with Crippen LogP contribution in [0.25, 0.3) is 0 Å². The molecule has 142 valence electrons. The zero-order valence-corrected chi connectivity index (χ0v) is 15.2. The first-order chi connectivity index (χ1) is 12.1. The smallest absolute Gasteiger partial charge is 0.411 e. The average Bonchev–Trinajstić information content (AvgIpc) is 2.97. The first kappa shape index (κ1) is 19.6. The summed E-state index contributed by atoms with van der Waals surface area (Å²) >= 11 is 0. The van der Waals surface area contributed by atoms with Gasteiger partial charge in [-0.1, -0.05) is 0 Å². The third-order valence-electron chi connectivity index (χ3n) is 3.75. The molecule has 0 spiro atoms. The van der Waals surface area contributed by atoms with Crippen LogP contribution in [-0.2, 0) is 14.3 Å². The van der Waals surface area contributed by atoms with E-state index in [1.807, 2.05) is 0 Å². The minimum atomic E-state index is -1.11. The Morgan fingerprint density at radius 3 is 2.27 bits per heavy atom. The standard InChI is InChI=1S/C18H23NO7/c1-18(2,3)26-17(23)19-10-13(9-14(19)15(20)21)25-12-7-5-11(6-8-12)16(22)24-4/h5-8,13-14H,9-10H2,1-4H3,(H,20,21)/t13-,14+/m1/s1. The fraction of sp³-hybridized carbons (Fsp3) is 0.500. The number of rotatable bonds is 4. The van der Waals surface area contributed by atoms with Crippen molar-refractivity contribution in [2.24, 2.45) is 0 Å². The zero-order chi connectivity index (χ0) is 19.5. The molecule has 0 aromatic heterocycles. The molecule has 8 nitrogen and oxygen atoms in total. The molecule has 1 aromatic rings. The van der Waals surface area contributed by atoms with Crippen LogP contribution >= 0.6 is 0 Å². The number of carboxylic acids is 1. The van der Waals surface area contributed by atoms with Crippen molar-refractivity contribution in [2.75, 3.05) is 13.7 Å². The molecule has 0 unspecified atom stereocenters. The van der Waals surface area contributed by atoms with E-state index in [1.54, 1.807) is 45.0 Å². The van der Waals surface area contributed by atoms with Gasteiger partial charge in [0.25, 0.3) is 0 Å². The quantitative estimate of drug-likeness (QED) is 0.817. The predicted octanol–water partition coefficient (Wildman–Crippen LogP) is 2.31. The van der Waals surface area contributed by atoms with E-state index in [1.165, 1.54) is 12.0 Å². The van der Waals surface area contributed by atoms with Crippen molar-refractivity contribution in [3.8, 4) is 5.75 Å². The molecule has 26 heavy (non-hydrogen) atoms. The molecule has 0 radical (unpaired) electrons. The highest BCUT2D eigenvalue weighted by Crippen LogP contribution is 2.25. The van der Waals surface area contributed by atoms with Crippen molar-refractivity contribution < 1.29 is 33.7 Å². The summed E-state index contributed by atoms with van der Waals surface area (Å²) in [5, 5.41) is 9.38. The van der Waals surface area contributed by atoms with E-state index in [9.17, 15) is 19.5 Å². The summed E-state index contributed by atoms with van der Waals surface area (Å²) in [4.78, 5) is 36.3. The minimum Gasteiger partial charge on any atom is -0.488 e. The molecule has 1 saturated heterocycles. The van der Waals surface area contributed by atoms with Crippen molar-refractivity contribution in [3.05, 3.63) is 29.8 Å². The van der Waals surface area contributed by atoms with Crippen LogP contribution in [0.2, 0.25) is 0 Å². The Hall–Kier alpha value is -2.77. The Labute approximate surface area is 151 Å². The summed E-state index contributed by atoms with van der Waals surface area (Å²) in [7, 11) is 1.29. The summed E-state index contributed by atoms with van der Waals surface area (Å²) in [5.41, 5.74) is -0.340. The molecule has 1 aliphatic heterocycles. The summed E-state index contributed by atoms with van der Waals surface area (Å²) in [6.45, 7) is 5.25. The fourth-order valence-corrected chi connectivity index (χ4v) is 2.62. The van der Waals surface area contributed by atoms with Gasteiger partial charge in [-0.2, -0.15) is 0 Å². The van der Waals surface area contributed by atoms with Crippen molar-refractivity contribution in [1.82, 2.24) is 4.90 Å². The van der Waals surface area contributed by atoms with Gasteiger partial charge in [-0.05, 0) is 45.0 Å².